The van der Waals surface area contributed by atoms with Crippen molar-refractivity contribution in [1.29, 1.82) is 0 Å². The molecule has 2 aliphatic rings. The average molecular weight is 453 g/mol. The van der Waals surface area contributed by atoms with Crippen LogP contribution >= 0.6 is 0 Å². The predicted molar refractivity (Wildman–Crippen MR) is 140 cm³/mol. The summed E-state index contributed by atoms with van der Waals surface area (Å²) >= 11 is 0. The van der Waals surface area contributed by atoms with Gasteiger partial charge in [0, 0.05) is 30.7 Å². The van der Waals surface area contributed by atoms with Gasteiger partial charge in [-0.2, -0.15) is 0 Å². The van der Waals surface area contributed by atoms with E-state index in [-0.39, 0.29) is 5.92 Å². The Morgan fingerprint density at radius 1 is 0.882 bits per heavy atom. The number of benzene rings is 3. The molecule has 0 aliphatic carbocycles. The Morgan fingerprint density at radius 3 is 2.12 bits per heavy atom. The first-order valence-electron chi connectivity index (χ1n) is 12.9. The normalized spacial score (nSPS) is 22.9. The van der Waals surface area contributed by atoms with E-state index in [1.165, 1.54) is 16.7 Å². The first kappa shape index (κ1) is 22.9. The van der Waals surface area contributed by atoms with Gasteiger partial charge in [-0.05, 0) is 54.5 Å². The Bertz CT molecular complexity index is 1060. The van der Waals surface area contributed by atoms with Crippen molar-refractivity contribution in [2.45, 2.75) is 51.0 Å². The van der Waals surface area contributed by atoms with Crippen molar-refractivity contribution in [1.82, 2.24) is 4.90 Å². The Labute approximate surface area is 204 Å². The summed E-state index contributed by atoms with van der Waals surface area (Å²) in [6.07, 6.45) is 3.02. The number of para-hydroxylation sites is 1. The molecule has 3 atom stereocenters. The number of likely N-dealkylation sites (tertiary alicyclic amines) is 1. The Kier molecular flexibility index (Phi) is 6.82. The topological polar surface area (TPSA) is 23.6 Å². The van der Waals surface area contributed by atoms with Crippen molar-refractivity contribution in [3.05, 3.63) is 102 Å². The van der Waals surface area contributed by atoms with E-state index in [1.807, 2.05) is 0 Å². The molecule has 0 saturated carbocycles. The summed E-state index contributed by atoms with van der Waals surface area (Å²) in [5.74, 6) is 1.20. The molecule has 0 aromatic heterocycles. The molecule has 3 unspecified atom stereocenters. The third-order valence-electron chi connectivity index (χ3n) is 7.93. The van der Waals surface area contributed by atoms with E-state index in [4.69, 9.17) is 0 Å². The van der Waals surface area contributed by atoms with Crippen molar-refractivity contribution in [2.75, 3.05) is 24.5 Å². The monoisotopic (exact) mass is 452 g/mol. The highest BCUT2D eigenvalue weighted by Gasteiger charge is 2.42. The maximum atomic E-state index is 13.4. The molecule has 34 heavy (non-hydrogen) atoms. The quantitative estimate of drug-likeness (QED) is 0.411. The van der Waals surface area contributed by atoms with E-state index < -0.39 is 0 Å². The molecule has 176 valence electrons. The summed E-state index contributed by atoms with van der Waals surface area (Å²) in [6.45, 7) is 7.63. The zero-order chi connectivity index (χ0) is 23.5. The van der Waals surface area contributed by atoms with Crippen molar-refractivity contribution in [2.24, 2.45) is 5.92 Å². The molecule has 3 nitrogen and oxygen atoms in total. The third kappa shape index (κ3) is 4.42. The minimum atomic E-state index is 0.0268. The highest BCUT2D eigenvalue weighted by Crippen LogP contribution is 2.42. The number of hydrogen-bond acceptors (Lipinski definition) is 2. The fourth-order valence-electron chi connectivity index (χ4n) is 6.17. The molecule has 0 radical (unpaired) electrons. The summed E-state index contributed by atoms with van der Waals surface area (Å²) in [5, 5.41) is 0. The number of hydrogen-bond donors (Lipinski definition) is 0. The first-order valence-corrected chi connectivity index (χ1v) is 12.9. The van der Waals surface area contributed by atoms with Gasteiger partial charge in [-0.15, -0.1) is 0 Å². The van der Waals surface area contributed by atoms with Gasteiger partial charge < -0.3 is 9.80 Å². The van der Waals surface area contributed by atoms with Crippen molar-refractivity contribution in [3.63, 3.8) is 0 Å². The molecule has 3 aromatic carbocycles. The summed E-state index contributed by atoms with van der Waals surface area (Å²) < 4.78 is 0. The number of nitrogens with zero attached hydrogens (tertiary/aromatic N) is 2. The smallest absolute Gasteiger partial charge is 0.234 e. The minimum Gasteiger partial charge on any atom is -0.308 e. The minimum absolute atomic E-state index is 0.0268. The lowest BCUT2D eigenvalue weighted by Gasteiger charge is -2.42. The molecule has 0 spiro atoms. The molecule has 1 amide bonds. The lowest BCUT2D eigenvalue weighted by atomic mass is 9.87. The van der Waals surface area contributed by atoms with Crippen LogP contribution < -0.4 is 4.90 Å². The van der Waals surface area contributed by atoms with Crippen molar-refractivity contribution in [3.8, 4) is 0 Å². The predicted octanol–water partition coefficient (Wildman–Crippen LogP) is 6.46. The highest BCUT2D eigenvalue weighted by molar-refractivity contribution is 6.05. The lowest BCUT2D eigenvalue weighted by molar-refractivity contribution is -0.120. The van der Waals surface area contributed by atoms with E-state index in [0.717, 1.165) is 44.6 Å². The molecule has 1 saturated heterocycles. The number of carbonyl (C=O) groups is 1. The van der Waals surface area contributed by atoms with Crippen LogP contribution in [0.4, 0.5) is 5.69 Å². The maximum Gasteiger partial charge on any atom is 0.234 e. The van der Waals surface area contributed by atoms with Crippen LogP contribution in [-0.4, -0.2) is 36.5 Å². The van der Waals surface area contributed by atoms with Gasteiger partial charge in [-0.25, -0.2) is 0 Å². The van der Waals surface area contributed by atoms with Crippen LogP contribution in [0.2, 0.25) is 0 Å². The molecular formula is C31H36N2O. The van der Waals surface area contributed by atoms with Crippen LogP contribution in [0.1, 0.15) is 61.6 Å². The molecule has 3 heteroatoms. The van der Waals surface area contributed by atoms with Crippen LogP contribution in [0.5, 0.6) is 0 Å². The highest BCUT2D eigenvalue weighted by atomic mass is 16.2. The fraction of sp³-hybridized carbons (Fsp3) is 0.387. The SMILES string of the molecule is CCC1C(=O)N(C2CCN(CCC(c3ccccc3)c3ccccc3)CC2C)c2ccccc21. The second-order valence-electron chi connectivity index (χ2n) is 10.0. The zero-order valence-corrected chi connectivity index (χ0v) is 20.4. The molecule has 2 aliphatic heterocycles. The Hall–Kier alpha value is -2.91. The summed E-state index contributed by atoms with van der Waals surface area (Å²) in [6, 6.07) is 30.5. The molecule has 5 rings (SSSR count). The number of fused-ring (bicyclic) bond motifs is 1. The van der Waals surface area contributed by atoms with E-state index in [1.54, 1.807) is 0 Å². The number of anilines is 1. The number of rotatable bonds is 7. The van der Waals surface area contributed by atoms with Gasteiger partial charge in [-0.3, -0.25) is 4.79 Å². The summed E-state index contributed by atoms with van der Waals surface area (Å²) in [7, 11) is 0. The first-order chi connectivity index (χ1) is 16.7. The zero-order valence-electron chi connectivity index (χ0n) is 20.4. The van der Waals surface area contributed by atoms with Crippen LogP contribution in [0.25, 0.3) is 0 Å². The average Bonchev–Trinajstić information content (AvgIpc) is 3.16. The molecule has 0 N–H and O–H groups in total. The van der Waals surface area contributed by atoms with Crippen molar-refractivity contribution < 1.29 is 4.79 Å². The summed E-state index contributed by atoms with van der Waals surface area (Å²) in [5.41, 5.74) is 5.15. The van der Waals surface area contributed by atoms with Gasteiger partial charge in [-0.1, -0.05) is 92.7 Å². The van der Waals surface area contributed by atoms with Gasteiger partial charge in [0.05, 0.1) is 5.92 Å². The molecule has 1 fully saturated rings. The van der Waals surface area contributed by atoms with Gasteiger partial charge in [0.1, 0.15) is 0 Å². The van der Waals surface area contributed by atoms with Crippen LogP contribution in [0, 0.1) is 5.92 Å². The molecule has 0 bridgehead atoms. The van der Waals surface area contributed by atoms with Crippen LogP contribution in [0.15, 0.2) is 84.9 Å². The number of piperidine rings is 1. The fourth-order valence-corrected chi connectivity index (χ4v) is 6.17. The second-order valence-corrected chi connectivity index (χ2v) is 10.0. The maximum absolute atomic E-state index is 13.4. The van der Waals surface area contributed by atoms with Gasteiger partial charge in [0.15, 0.2) is 0 Å². The molecule has 2 heterocycles. The molecular weight excluding hydrogens is 416 g/mol. The second kappa shape index (κ2) is 10.1. The van der Waals surface area contributed by atoms with Gasteiger partial charge in [0.25, 0.3) is 0 Å². The van der Waals surface area contributed by atoms with Crippen molar-refractivity contribution >= 4 is 11.6 Å². The van der Waals surface area contributed by atoms with Gasteiger partial charge in [0.2, 0.25) is 5.91 Å². The van der Waals surface area contributed by atoms with Crippen LogP contribution in [-0.2, 0) is 4.79 Å². The Balaban J connectivity index is 1.27. The standard InChI is InChI=1S/C31H36N2O/c1-3-26-28-16-10-11-17-30(28)33(31(26)34)29-19-21-32(22-23(29)2)20-18-27(24-12-6-4-7-13-24)25-14-8-5-9-15-25/h4-17,23,26-27,29H,3,18-22H2,1-2H3. The van der Waals surface area contributed by atoms with Crippen LogP contribution in [0.3, 0.4) is 0 Å². The number of amides is 1. The largest absolute Gasteiger partial charge is 0.308 e. The van der Waals surface area contributed by atoms with E-state index in [9.17, 15) is 4.79 Å². The van der Waals surface area contributed by atoms with E-state index in [0.29, 0.717) is 23.8 Å². The van der Waals surface area contributed by atoms with Gasteiger partial charge >= 0.3 is 0 Å². The lowest BCUT2D eigenvalue weighted by Crippen LogP contribution is -2.52. The third-order valence-corrected chi connectivity index (χ3v) is 7.93. The molecule has 3 aromatic rings. The summed E-state index contributed by atoms with van der Waals surface area (Å²) in [4.78, 5) is 18.1. The number of carbonyl (C=O) groups excluding carboxylic acids is 1. The van der Waals surface area contributed by atoms with E-state index in [2.05, 4.69) is 109 Å². The van der Waals surface area contributed by atoms with E-state index >= 15 is 0 Å². The Morgan fingerprint density at radius 2 is 1.50 bits per heavy atom.